The topological polar surface area (TPSA) is 77.6 Å². The van der Waals surface area contributed by atoms with E-state index in [1.807, 2.05) is 0 Å². The Morgan fingerprint density at radius 2 is 2.18 bits per heavy atom. The van der Waals surface area contributed by atoms with Gasteiger partial charge in [0.15, 0.2) is 18.5 Å². The first kappa shape index (κ1) is 12.8. The first-order chi connectivity index (χ1) is 8.04. The molecular weight excluding hydrogens is 242 g/mol. The van der Waals surface area contributed by atoms with Crippen LogP contribution in [0.5, 0.6) is 0 Å². The van der Waals surface area contributed by atoms with Gasteiger partial charge in [0.1, 0.15) is 4.75 Å². The Balaban J connectivity index is 2.22. The highest BCUT2D eigenvalue weighted by molar-refractivity contribution is 8.16. The Morgan fingerprint density at radius 3 is 2.71 bits per heavy atom. The number of hydrogen-bond donors (Lipinski definition) is 3. The number of fused-ring (bicyclic) bond motifs is 1. The number of rotatable bonds is 3. The molecule has 2 rings (SSSR count). The summed E-state index contributed by atoms with van der Waals surface area (Å²) in [7, 11) is 0. The zero-order valence-electron chi connectivity index (χ0n) is 10.0. The van der Waals surface area contributed by atoms with E-state index in [9.17, 15) is 15.0 Å². The Kier molecular flexibility index (Phi) is 3.44. The molecule has 1 amide bonds. The van der Waals surface area contributed by atoms with E-state index < -0.39 is 4.75 Å². The first-order valence-electron chi connectivity index (χ1n) is 5.66. The largest absolute Gasteiger partial charge is 0.394 e. The fraction of sp³-hybridized carbons (Fsp3) is 0.800. The maximum Gasteiger partial charge on any atom is 0.254 e. The fourth-order valence-corrected chi connectivity index (χ4v) is 2.96. The fourth-order valence-electron chi connectivity index (χ4n) is 1.90. The van der Waals surface area contributed by atoms with Crippen LogP contribution in [0, 0.1) is 0 Å². The Hall–Kier alpha value is -0.630. The van der Waals surface area contributed by atoms with Gasteiger partial charge in [-0.25, -0.2) is 9.89 Å². The van der Waals surface area contributed by atoms with E-state index in [0.717, 1.165) is 0 Å². The molecule has 0 spiro atoms. The molecule has 0 aliphatic carbocycles. The van der Waals surface area contributed by atoms with E-state index in [4.69, 9.17) is 0 Å². The van der Waals surface area contributed by atoms with Gasteiger partial charge in [-0.05, 0) is 13.8 Å². The maximum absolute atomic E-state index is 12.2. The van der Waals surface area contributed by atoms with Crippen LogP contribution in [0.15, 0.2) is 4.99 Å². The molecule has 6 nitrogen and oxygen atoms in total. The Morgan fingerprint density at radius 1 is 1.53 bits per heavy atom. The van der Waals surface area contributed by atoms with Crippen LogP contribution < -0.4 is 4.90 Å². The van der Waals surface area contributed by atoms with Crippen LogP contribution in [-0.2, 0) is 4.79 Å². The van der Waals surface area contributed by atoms with Gasteiger partial charge in [0, 0.05) is 0 Å². The Labute approximate surface area is 104 Å². The lowest BCUT2D eigenvalue weighted by Crippen LogP contribution is -3.17. The molecule has 0 saturated carbocycles. The summed E-state index contributed by atoms with van der Waals surface area (Å²) in [5.74, 6) is -0.232. The third-order valence-electron chi connectivity index (χ3n) is 3.26. The van der Waals surface area contributed by atoms with Gasteiger partial charge >= 0.3 is 0 Å². The van der Waals surface area contributed by atoms with Gasteiger partial charge in [-0.15, -0.1) is 0 Å². The number of aliphatic hydroxyl groups excluding tert-OH is 2. The molecular formula is C10H18N3O3S+. The number of quaternary nitrogens is 1. The molecule has 96 valence electrons. The van der Waals surface area contributed by atoms with Crippen molar-refractivity contribution in [3.63, 3.8) is 0 Å². The normalized spacial score (nSPS) is 27.4. The second-order valence-electron chi connectivity index (χ2n) is 4.72. The quantitative estimate of drug-likeness (QED) is 0.541. The van der Waals surface area contributed by atoms with Crippen LogP contribution in [0.1, 0.15) is 13.8 Å². The Bertz CT molecular complexity index is 355. The van der Waals surface area contributed by atoms with Crippen LogP contribution in [0.4, 0.5) is 0 Å². The van der Waals surface area contributed by atoms with Gasteiger partial charge in [-0.1, -0.05) is 11.8 Å². The second-order valence-corrected chi connectivity index (χ2v) is 6.07. The maximum atomic E-state index is 12.2. The van der Waals surface area contributed by atoms with Gasteiger partial charge in [-0.2, -0.15) is 0 Å². The average Bonchev–Trinajstić information content (AvgIpc) is 2.62. The molecule has 0 radical (unpaired) electrons. The number of amidine groups is 1. The summed E-state index contributed by atoms with van der Waals surface area (Å²) in [6.45, 7) is 4.63. The van der Waals surface area contributed by atoms with Crippen molar-refractivity contribution < 1.29 is 19.9 Å². The zero-order chi connectivity index (χ0) is 12.6. The molecule has 1 saturated heterocycles. The standard InChI is InChI=1S/C10H17N3O3S/c1-7(2)12-5-11-9-13(6-12)8(16)10(3-14,4-15)17-9/h7,14-15H,3-6H2,1-2H3/p+1. The van der Waals surface area contributed by atoms with E-state index >= 15 is 0 Å². The lowest BCUT2D eigenvalue weighted by Gasteiger charge is -2.30. The highest BCUT2D eigenvalue weighted by atomic mass is 32.2. The van der Waals surface area contributed by atoms with Crippen molar-refractivity contribution in [2.45, 2.75) is 24.6 Å². The lowest BCUT2D eigenvalue weighted by atomic mass is 10.1. The molecule has 7 heteroatoms. The monoisotopic (exact) mass is 260 g/mol. The van der Waals surface area contributed by atoms with E-state index in [0.29, 0.717) is 24.5 Å². The predicted octanol–water partition coefficient (Wildman–Crippen LogP) is -2.14. The van der Waals surface area contributed by atoms with Gasteiger partial charge < -0.3 is 10.2 Å². The minimum atomic E-state index is -1.13. The van der Waals surface area contributed by atoms with Gasteiger partial charge in [0.05, 0.1) is 19.3 Å². The third kappa shape index (κ3) is 1.97. The number of nitrogens with zero attached hydrogens (tertiary/aromatic N) is 2. The van der Waals surface area contributed by atoms with Crippen molar-refractivity contribution in [2.24, 2.45) is 4.99 Å². The number of amides is 1. The van der Waals surface area contributed by atoms with E-state index in [1.54, 1.807) is 4.90 Å². The first-order valence-corrected chi connectivity index (χ1v) is 6.47. The van der Waals surface area contributed by atoms with Crippen LogP contribution in [-0.4, -0.2) is 63.5 Å². The number of nitrogens with one attached hydrogen (secondary N) is 1. The average molecular weight is 260 g/mol. The molecule has 17 heavy (non-hydrogen) atoms. The third-order valence-corrected chi connectivity index (χ3v) is 4.61. The van der Waals surface area contributed by atoms with E-state index in [1.165, 1.54) is 16.7 Å². The van der Waals surface area contributed by atoms with Gasteiger partial charge in [0.25, 0.3) is 5.91 Å². The predicted molar refractivity (Wildman–Crippen MR) is 64.6 cm³/mol. The molecule has 0 bridgehead atoms. The smallest absolute Gasteiger partial charge is 0.254 e. The molecule has 2 aliphatic heterocycles. The summed E-state index contributed by atoms with van der Waals surface area (Å²) < 4.78 is -1.13. The van der Waals surface area contributed by atoms with Gasteiger partial charge in [0.2, 0.25) is 0 Å². The van der Waals surface area contributed by atoms with Crippen molar-refractivity contribution in [3.05, 3.63) is 0 Å². The lowest BCUT2D eigenvalue weighted by molar-refractivity contribution is -0.929. The van der Waals surface area contributed by atoms with Crippen molar-refractivity contribution in [2.75, 3.05) is 26.6 Å². The van der Waals surface area contributed by atoms with E-state index in [2.05, 4.69) is 18.8 Å². The second kappa shape index (κ2) is 4.56. The highest BCUT2D eigenvalue weighted by Gasteiger charge is 2.53. The summed E-state index contributed by atoms with van der Waals surface area (Å²) in [4.78, 5) is 19.3. The van der Waals surface area contributed by atoms with Crippen molar-refractivity contribution >= 4 is 22.8 Å². The number of carbonyl (C=O) groups is 1. The summed E-state index contributed by atoms with van der Waals surface area (Å²) in [6.07, 6.45) is 0. The molecule has 1 atom stereocenters. The highest BCUT2D eigenvalue weighted by Crippen LogP contribution is 2.36. The van der Waals surface area contributed by atoms with Crippen molar-refractivity contribution in [3.8, 4) is 0 Å². The number of hydrogen-bond acceptors (Lipinski definition) is 5. The summed E-state index contributed by atoms with van der Waals surface area (Å²) in [5, 5.41) is 19.3. The summed E-state index contributed by atoms with van der Waals surface area (Å²) in [5.41, 5.74) is 0. The molecule has 1 unspecified atom stereocenters. The van der Waals surface area contributed by atoms with E-state index in [-0.39, 0.29) is 19.1 Å². The molecule has 0 aromatic heterocycles. The zero-order valence-corrected chi connectivity index (χ0v) is 10.8. The molecule has 0 aromatic carbocycles. The van der Waals surface area contributed by atoms with Crippen molar-refractivity contribution in [1.82, 2.24) is 4.90 Å². The van der Waals surface area contributed by atoms with Crippen LogP contribution in [0.2, 0.25) is 0 Å². The van der Waals surface area contributed by atoms with Crippen LogP contribution in [0.3, 0.4) is 0 Å². The molecule has 2 aliphatic rings. The minimum absolute atomic E-state index is 0.232. The molecule has 3 N–H and O–H groups in total. The summed E-state index contributed by atoms with van der Waals surface area (Å²) in [6, 6.07) is 0.386. The van der Waals surface area contributed by atoms with Gasteiger partial charge in [-0.3, -0.25) is 9.69 Å². The number of thioether (sulfide) groups is 1. The molecule has 2 heterocycles. The SMILES string of the molecule is CC(C)[NH+]1CN=C2SC(CO)(CO)C(=O)N2C1. The van der Waals surface area contributed by atoms with Crippen LogP contribution >= 0.6 is 11.8 Å². The molecule has 0 aromatic rings. The minimum Gasteiger partial charge on any atom is -0.394 e. The van der Waals surface area contributed by atoms with Crippen LogP contribution in [0.25, 0.3) is 0 Å². The molecule has 1 fully saturated rings. The van der Waals surface area contributed by atoms with Crippen molar-refractivity contribution in [1.29, 1.82) is 0 Å². The number of aliphatic hydroxyl groups is 2. The summed E-state index contributed by atoms with van der Waals surface area (Å²) >= 11 is 1.18. The number of carbonyl (C=O) groups excluding carboxylic acids is 1. The number of aliphatic imine (C=N–C) groups is 1.